The molecule has 1 fully saturated rings. The maximum absolute atomic E-state index is 9.21. The Morgan fingerprint density at radius 3 is 2.93 bits per heavy atom. The van der Waals surface area contributed by atoms with Gasteiger partial charge >= 0.3 is 0 Å². The minimum atomic E-state index is -0.224. The van der Waals surface area contributed by atoms with E-state index in [4.69, 9.17) is 4.74 Å². The monoisotopic (exact) mass is 206 g/mol. The van der Waals surface area contributed by atoms with Gasteiger partial charge in [0.05, 0.1) is 12.2 Å². The molecular formula is C13H18O2. The van der Waals surface area contributed by atoms with Crippen LogP contribution < -0.4 is 4.74 Å². The molecule has 2 rings (SSSR count). The molecular weight excluding hydrogens is 188 g/mol. The van der Waals surface area contributed by atoms with Crippen molar-refractivity contribution in [1.82, 2.24) is 0 Å². The minimum Gasteiger partial charge on any atom is -0.490 e. The first-order valence-corrected chi connectivity index (χ1v) is 5.68. The number of aryl methyl sites for hydroxylation is 1. The Hall–Kier alpha value is -1.02. The van der Waals surface area contributed by atoms with E-state index in [1.54, 1.807) is 0 Å². The SMILES string of the molecule is CC(O)CCc1cccc(OC2CC2)c1. The molecule has 0 amide bonds. The van der Waals surface area contributed by atoms with Gasteiger partial charge in [0, 0.05) is 0 Å². The summed E-state index contributed by atoms with van der Waals surface area (Å²) >= 11 is 0. The van der Waals surface area contributed by atoms with Crippen LogP contribution >= 0.6 is 0 Å². The lowest BCUT2D eigenvalue weighted by atomic mass is 10.1. The zero-order valence-corrected chi connectivity index (χ0v) is 9.15. The van der Waals surface area contributed by atoms with Crippen LogP contribution in [0, 0.1) is 0 Å². The smallest absolute Gasteiger partial charge is 0.119 e. The van der Waals surface area contributed by atoms with E-state index in [1.807, 2.05) is 19.1 Å². The van der Waals surface area contributed by atoms with E-state index in [0.29, 0.717) is 6.10 Å². The van der Waals surface area contributed by atoms with Gasteiger partial charge in [0.15, 0.2) is 0 Å². The van der Waals surface area contributed by atoms with Crippen LogP contribution in [0.15, 0.2) is 24.3 Å². The van der Waals surface area contributed by atoms with E-state index in [2.05, 4.69) is 12.1 Å². The van der Waals surface area contributed by atoms with Gasteiger partial charge in [-0.1, -0.05) is 12.1 Å². The van der Waals surface area contributed by atoms with Crippen LogP contribution in [0.1, 0.15) is 31.7 Å². The van der Waals surface area contributed by atoms with Gasteiger partial charge in [0.2, 0.25) is 0 Å². The number of ether oxygens (including phenoxy) is 1. The summed E-state index contributed by atoms with van der Waals surface area (Å²) in [7, 11) is 0. The molecule has 2 heteroatoms. The summed E-state index contributed by atoms with van der Waals surface area (Å²) in [5.74, 6) is 0.973. The van der Waals surface area contributed by atoms with Gasteiger partial charge < -0.3 is 9.84 Å². The number of rotatable bonds is 5. The second-order valence-corrected chi connectivity index (χ2v) is 4.35. The molecule has 0 aromatic heterocycles. The molecule has 0 radical (unpaired) electrons. The highest BCUT2D eigenvalue weighted by atomic mass is 16.5. The minimum absolute atomic E-state index is 0.224. The van der Waals surface area contributed by atoms with E-state index in [1.165, 1.54) is 18.4 Å². The zero-order valence-electron chi connectivity index (χ0n) is 9.15. The van der Waals surface area contributed by atoms with Crippen molar-refractivity contribution in [3.63, 3.8) is 0 Å². The molecule has 1 aliphatic rings. The third-order valence-electron chi connectivity index (χ3n) is 2.58. The summed E-state index contributed by atoms with van der Waals surface area (Å²) in [6.07, 6.45) is 4.34. The van der Waals surface area contributed by atoms with Crippen molar-refractivity contribution in [3.05, 3.63) is 29.8 Å². The fraction of sp³-hybridized carbons (Fsp3) is 0.538. The highest BCUT2D eigenvalue weighted by molar-refractivity contribution is 5.29. The topological polar surface area (TPSA) is 29.5 Å². The van der Waals surface area contributed by atoms with E-state index < -0.39 is 0 Å². The Balaban J connectivity index is 1.92. The Morgan fingerprint density at radius 2 is 2.27 bits per heavy atom. The summed E-state index contributed by atoms with van der Waals surface area (Å²) in [5, 5.41) is 9.21. The first-order chi connectivity index (χ1) is 7.24. The molecule has 1 unspecified atom stereocenters. The summed E-state index contributed by atoms with van der Waals surface area (Å²) in [6, 6.07) is 8.20. The number of aliphatic hydroxyl groups is 1. The summed E-state index contributed by atoms with van der Waals surface area (Å²) < 4.78 is 5.71. The van der Waals surface area contributed by atoms with Crippen LogP contribution in [0.2, 0.25) is 0 Å². The molecule has 15 heavy (non-hydrogen) atoms. The van der Waals surface area contributed by atoms with Crippen molar-refractivity contribution in [2.45, 2.75) is 44.8 Å². The standard InChI is InChI=1S/C13H18O2/c1-10(14)5-6-11-3-2-4-13(9-11)15-12-7-8-12/h2-4,9-10,12,14H,5-8H2,1H3. The molecule has 82 valence electrons. The van der Waals surface area contributed by atoms with Gasteiger partial charge in [-0.15, -0.1) is 0 Å². The van der Waals surface area contributed by atoms with Crippen molar-refractivity contribution in [2.75, 3.05) is 0 Å². The summed E-state index contributed by atoms with van der Waals surface area (Å²) in [5.41, 5.74) is 1.24. The lowest BCUT2D eigenvalue weighted by Gasteiger charge is -2.07. The molecule has 2 nitrogen and oxygen atoms in total. The fourth-order valence-electron chi connectivity index (χ4n) is 1.53. The molecule has 1 aromatic rings. The number of benzene rings is 1. The number of hydrogen-bond donors (Lipinski definition) is 1. The van der Waals surface area contributed by atoms with Crippen molar-refractivity contribution >= 4 is 0 Å². The highest BCUT2D eigenvalue weighted by Crippen LogP contribution is 2.27. The summed E-state index contributed by atoms with van der Waals surface area (Å²) in [6.45, 7) is 1.82. The van der Waals surface area contributed by atoms with E-state index in [9.17, 15) is 5.11 Å². The number of hydrogen-bond acceptors (Lipinski definition) is 2. The van der Waals surface area contributed by atoms with Crippen LogP contribution in [0.5, 0.6) is 5.75 Å². The molecule has 0 aliphatic heterocycles. The quantitative estimate of drug-likeness (QED) is 0.802. The largest absolute Gasteiger partial charge is 0.490 e. The maximum atomic E-state index is 9.21. The van der Waals surface area contributed by atoms with Crippen molar-refractivity contribution < 1.29 is 9.84 Å². The van der Waals surface area contributed by atoms with Crippen molar-refractivity contribution in [1.29, 1.82) is 0 Å². The third-order valence-corrected chi connectivity index (χ3v) is 2.58. The van der Waals surface area contributed by atoms with Crippen LogP contribution in [0.3, 0.4) is 0 Å². The van der Waals surface area contributed by atoms with Crippen LogP contribution in [-0.4, -0.2) is 17.3 Å². The maximum Gasteiger partial charge on any atom is 0.119 e. The van der Waals surface area contributed by atoms with Gasteiger partial charge in [-0.3, -0.25) is 0 Å². The Morgan fingerprint density at radius 1 is 1.47 bits per heavy atom. The molecule has 0 spiro atoms. The zero-order chi connectivity index (χ0) is 10.7. The predicted octanol–water partition coefficient (Wildman–Crippen LogP) is 2.54. The fourth-order valence-corrected chi connectivity index (χ4v) is 1.53. The van der Waals surface area contributed by atoms with Crippen LogP contribution in [-0.2, 0) is 6.42 Å². The molecule has 1 aliphatic carbocycles. The Labute approximate surface area is 90.9 Å². The molecule has 1 N–H and O–H groups in total. The lowest BCUT2D eigenvalue weighted by molar-refractivity contribution is 0.185. The normalized spacial score (nSPS) is 17.5. The summed E-state index contributed by atoms with van der Waals surface area (Å²) in [4.78, 5) is 0. The van der Waals surface area contributed by atoms with E-state index in [-0.39, 0.29) is 6.10 Å². The predicted molar refractivity (Wildman–Crippen MR) is 60.1 cm³/mol. The first-order valence-electron chi connectivity index (χ1n) is 5.68. The van der Waals surface area contributed by atoms with Crippen molar-refractivity contribution in [3.8, 4) is 5.75 Å². The van der Waals surface area contributed by atoms with Gasteiger partial charge in [-0.25, -0.2) is 0 Å². The van der Waals surface area contributed by atoms with Gasteiger partial charge in [-0.05, 0) is 50.3 Å². The third kappa shape index (κ3) is 3.56. The van der Waals surface area contributed by atoms with Crippen LogP contribution in [0.25, 0.3) is 0 Å². The van der Waals surface area contributed by atoms with E-state index >= 15 is 0 Å². The molecule has 1 atom stereocenters. The molecule has 0 bridgehead atoms. The lowest BCUT2D eigenvalue weighted by Crippen LogP contribution is -2.02. The molecule has 1 saturated carbocycles. The average Bonchev–Trinajstić information content (AvgIpc) is 2.99. The second-order valence-electron chi connectivity index (χ2n) is 4.35. The van der Waals surface area contributed by atoms with Crippen LogP contribution in [0.4, 0.5) is 0 Å². The van der Waals surface area contributed by atoms with E-state index in [0.717, 1.165) is 18.6 Å². The molecule has 0 saturated heterocycles. The second kappa shape index (κ2) is 4.67. The Bertz CT molecular complexity index is 316. The van der Waals surface area contributed by atoms with Gasteiger partial charge in [0.1, 0.15) is 5.75 Å². The Kier molecular flexibility index (Phi) is 3.27. The molecule has 1 aromatic carbocycles. The first kappa shape index (κ1) is 10.5. The number of aliphatic hydroxyl groups excluding tert-OH is 1. The molecule has 0 heterocycles. The van der Waals surface area contributed by atoms with Crippen molar-refractivity contribution in [2.24, 2.45) is 0 Å². The van der Waals surface area contributed by atoms with Gasteiger partial charge in [0.25, 0.3) is 0 Å². The average molecular weight is 206 g/mol. The van der Waals surface area contributed by atoms with Gasteiger partial charge in [-0.2, -0.15) is 0 Å². The highest BCUT2D eigenvalue weighted by Gasteiger charge is 2.23.